The van der Waals surface area contributed by atoms with Crippen molar-refractivity contribution in [3.8, 4) is 39.3 Å². The van der Waals surface area contributed by atoms with Gasteiger partial charge in [0.15, 0.2) is 0 Å². The van der Waals surface area contributed by atoms with Crippen LogP contribution in [0.15, 0.2) is 211 Å². The summed E-state index contributed by atoms with van der Waals surface area (Å²) in [5, 5.41) is -4.01. The third-order valence-electron chi connectivity index (χ3n) is 9.29. The van der Waals surface area contributed by atoms with Crippen LogP contribution in [0.3, 0.4) is 0 Å². The molecule has 0 radical (unpaired) electrons. The highest BCUT2D eigenvalue weighted by atomic mass is 15.0. The molecule has 0 fully saturated rings. The van der Waals surface area contributed by atoms with Crippen LogP contribution in [0.25, 0.3) is 105 Å². The van der Waals surface area contributed by atoms with Crippen LogP contribution in [0, 0.1) is 0 Å². The van der Waals surface area contributed by atoms with E-state index < -0.39 is 316 Å². The molecule has 3 nitrogen and oxygen atoms in total. The van der Waals surface area contributed by atoms with Crippen molar-refractivity contribution in [3.63, 3.8) is 0 Å². The first-order valence-corrected chi connectivity index (χ1v) is 16.8. The largest absolute Gasteiger partial charge is 0.309 e. The minimum atomic E-state index is -1.20. The second-order valence-corrected chi connectivity index (χ2v) is 12.3. The second kappa shape index (κ2) is 12.5. The van der Waals surface area contributed by atoms with E-state index in [1.807, 2.05) is 0 Å². The zero-order chi connectivity index (χ0) is 67.9. The zero-order valence-corrected chi connectivity index (χ0v) is 28.3. The maximum Gasteiger partial charge on any atom is 0.0652 e. The normalized spacial score (nSPS) is 20.5. The highest BCUT2D eigenvalue weighted by molar-refractivity contribution is 6.17. The van der Waals surface area contributed by atoms with Crippen molar-refractivity contribution in [3.05, 3.63) is 211 Å². The number of rotatable bonds is 5. The Morgan fingerprint density at radius 1 is 0.263 bits per heavy atom. The number of aromatic nitrogens is 3. The summed E-state index contributed by atoms with van der Waals surface area (Å²) in [4.78, 5) is 0. The van der Waals surface area contributed by atoms with Gasteiger partial charge < -0.3 is 13.7 Å². The molecule has 0 saturated heterocycles. The predicted octanol–water partition coefficient (Wildman–Crippen LogP) is 14.3. The monoisotopic (exact) mass is 761 g/mol. The Balaban J connectivity index is 1.30. The summed E-state index contributed by atoms with van der Waals surface area (Å²) < 4.78 is 322. The van der Waals surface area contributed by atoms with E-state index in [-0.39, 0.29) is 0 Å². The van der Waals surface area contributed by atoms with Crippen molar-refractivity contribution < 1.29 is 48.0 Å². The van der Waals surface area contributed by atoms with Gasteiger partial charge in [-0.3, -0.25) is 0 Å². The van der Waals surface area contributed by atoms with Crippen LogP contribution in [0.4, 0.5) is 0 Å². The standard InChI is InChI=1S/C54H35N3/c1-2-15-36(16-3-1)37-17-12-18-38(33-37)39-19-13-20-40(34-39)55-47-25-8-6-23-44(47)46-35-41(31-32-51(46)55)56-50-28-11-7-24-45(50)54-52(56)29-14-30-53(54)57-48-26-9-4-21-42(48)43-22-5-10-27-49(43)57/h1-35H/i1D,2D,3D,4D,5D,6D,7D,8D,9D,10D,11D,12D,13D,14D,15D,16D,17D,18D,19D,20D,21D,22D,23D,24D,25D,26D,27D,28D,29D,30D,31D,32D,33D,34D,35D. The van der Waals surface area contributed by atoms with Gasteiger partial charge in [0.1, 0.15) is 0 Å². The number of fused-ring (bicyclic) bond motifs is 9. The highest BCUT2D eigenvalue weighted by Gasteiger charge is 2.20. The van der Waals surface area contributed by atoms with Gasteiger partial charge in [-0.2, -0.15) is 0 Å². The Morgan fingerprint density at radius 2 is 0.702 bits per heavy atom. The van der Waals surface area contributed by atoms with E-state index >= 15 is 0 Å². The Morgan fingerprint density at radius 3 is 1.40 bits per heavy atom. The molecule has 12 aromatic rings. The molecule has 3 heterocycles. The fourth-order valence-corrected chi connectivity index (χ4v) is 6.97. The van der Waals surface area contributed by atoms with Crippen molar-refractivity contribution in [1.82, 2.24) is 13.7 Å². The van der Waals surface area contributed by atoms with Gasteiger partial charge in [-0.25, -0.2) is 0 Å². The maximum atomic E-state index is 10.3. The number of para-hydroxylation sites is 4. The number of nitrogens with zero attached hydrogens (tertiary/aromatic N) is 3. The first kappa shape index (κ1) is 12.7. The molecule has 57 heavy (non-hydrogen) atoms. The van der Waals surface area contributed by atoms with E-state index in [1.54, 1.807) is 0 Å². The number of benzene rings is 9. The summed E-state index contributed by atoms with van der Waals surface area (Å²) >= 11 is 0. The minimum absolute atomic E-state index is 0.538. The molecular weight excluding hydrogens is 691 g/mol. The summed E-state index contributed by atoms with van der Waals surface area (Å²) in [7, 11) is 0. The van der Waals surface area contributed by atoms with E-state index in [9.17, 15) is 23.3 Å². The minimum Gasteiger partial charge on any atom is -0.309 e. The molecule has 0 aliphatic heterocycles. The molecule has 0 amide bonds. The van der Waals surface area contributed by atoms with Crippen LogP contribution in [0.5, 0.6) is 0 Å². The first-order valence-electron chi connectivity index (χ1n) is 34.3. The number of hydrogen-bond donors (Lipinski definition) is 0. The van der Waals surface area contributed by atoms with Crippen molar-refractivity contribution in [2.75, 3.05) is 0 Å². The molecule has 3 aromatic heterocycles. The maximum absolute atomic E-state index is 10.3. The molecule has 0 N–H and O–H groups in total. The lowest BCUT2D eigenvalue weighted by Gasteiger charge is -2.13. The van der Waals surface area contributed by atoms with Crippen LogP contribution in [0.1, 0.15) is 48.0 Å². The van der Waals surface area contributed by atoms with E-state index in [0.717, 1.165) is 4.57 Å². The van der Waals surface area contributed by atoms with Crippen molar-refractivity contribution in [1.29, 1.82) is 0 Å². The molecule has 3 heteroatoms. The Hall–Kier alpha value is -7.62. The van der Waals surface area contributed by atoms with Crippen LogP contribution >= 0.6 is 0 Å². The van der Waals surface area contributed by atoms with E-state index in [1.165, 1.54) is 0 Å². The predicted molar refractivity (Wildman–Crippen MR) is 240 cm³/mol. The summed E-state index contributed by atoms with van der Waals surface area (Å²) in [6.45, 7) is 0. The summed E-state index contributed by atoms with van der Waals surface area (Å²) in [5.41, 5.74) is -11.0. The van der Waals surface area contributed by atoms with Gasteiger partial charge in [0, 0.05) is 43.7 Å². The third kappa shape index (κ3) is 4.79. The lowest BCUT2D eigenvalue weighted by molar-refractivity contribution is 1.16. The Labute approximate surface area is 378 Å². The van der Waals surface area contributed by atoms with Crippen molar-refractivity contribution in [2.45, 2.75) is 0 Å². The Kier molecular flexibility index (Phi) is 2.78. The molecule has 0 unspecified atom stereocenters. The summed E-state index contributed by atoms with van der Waals surface area (Å²) in [6, 6.07) is -35.6. The first-order chi connectivity index (χ1) is 42.9. The number of hydrogen-bond acceptors (Lipinski definition) is 0. The summed E-state index contributed by atoms with van der Waals surface area (Å²) in [6.07, 6.45) is 0. The van der Waals surface area contributed by atoms with E-state index in [0.29, 0.717) is 9.13 Å². The third-order valence-corrected chi connectivity index (χ3v) is 9.29. The average Bonchev–Trinajstić information content (AvgIpc) is 1.50. The quantitative estimate of drug-likeness (QED) is 0.166. The van der Waals surface area contributed by atoms with Crippen LogP contribution < -0.4 is 0 Å². The van der Waals surface area contributed by atoms with Gasteiger partial charge in [-0.15, -0.1) is 0 Å². The fourth-order valence-electron chi connectivity index (χ4n) is 6.97. The van der Waals surface area contributed by atoms with Gasteiger partial charge in [0.25, 0.3) is 0 Å². The van der Waals surface area contributed by atoms with Gasteiger partial charge in [0.05, 0.1) is 86.8 Å². The van der Waals surface area contributed by atoms with Crippen LogP contribution in [-0.4, -0.2) is 13.7 Å². The van der Waals surface area contributed by atoms with Gasteiger partial charge in [-0.05, 0) is 94.8 Å². The molecule has 0 bridgehead atoms. The van der Waals surface area contributed by atoms with Crippen LogP contribution in [-0.2, 0) is 0 Å². The molecule has 12 rings (SSSR count). The Bertz CT molecular complexity index is 5480. The molecule has 0 saturated carbocycles. The molecule has 9 aromatic carbocycles. The van der Waals surface area contributed by atoms with E-state index in [4.69, 9.17) is 24.7 Å². The van der Waals surface area contributed by atoms with E-state index in [2.05, 4.69) is 0 Å². The SMILES string of the molecule is [2H]c1c([2H])c([2H])c(-c2c([2H])c([2H])c([2H])c(-c3c([2H])c([2H])c([2H])c(-n4c5c([2H])c([2H])c([2H])c([2H])c5c5c([2H])c(-n6c7c([2H])c([2H])c([2H])c([2H])c7c7c(-n8c9c([2H])c([2H])c([2H])c([2H])c9c9c([2H])c([2H])c([2H])c([2H])c98)c([2H])c([2H])c([2H])c76)c([2H])c([2H])c54)c3[2H])c2[2H])c([2H])c1[2H]. The molecule has 266 valence electrons. The van der Waals surface area contributed by atoms with Gasteiger partial charge in [-0.1, -0.05) is 139 Å². The van der Waals surface area contributed by atoms with Crippen molar-refractivity contribution in [2.24, 2.45) is 0 Å². The fraction of sp³-hybridized carbons (Fsp3) is 0. The summed E-state index contributed by atoms with van der Waals surface area (Å²) in [5.74, 6) is 0. The topological polar surface area (TPSA) is 14.8 Å². The zero-order valence-electron chi connectivity index (χ0n) is 63.3. The van der Waals surface area contributed by atoms with Crippen LogP contribution in [0.2, 0.25) is 0 Å². The molecule has 0 spiro atoms. The highest BCUT2D eigenvalue weighted by Crippen LogP contribution is 2.41. The van der Waals surface area contributed by atoms with Gasteiger partial charge in [0.2, 0.25) is 0 Å². The van der Waals surface area contributed by atoms with Crippen molar-refractivity contribution >= 4 is 65.4 Å². The lowest BCUT2D eigenvalue weighted by atomic mass is 9.99. The molecule has 0 atom stereocenters. The lowest BCUT2D eigenvalue weighted by Crippen LogP contribution is -1.97. The average molecular weight is 761 g/mol. The molecule has 0 aliphatic rings. The second-order valence-electron chi connectivity index (χ2n) is 12.3. The molecular formula is C54H35N3. The molecule has 0 aliphatic carbocycles. The smallest absolute Gasteiger partial charge is 0.0652 e. The van der Waals surface area contributed by atoms with Gasteiger partial charge >= 0.3 is 0 Å².